The first kappa shape index (κ1) is 13.1. The van der Waals surface area contributed by atoms with Gasteiger partial charge in [0.2, 0.25) is 0 Å². The molecule has 0 aliphatic carbocycles. The highest BCUT2D eigenvalue weighted by atomic mass is 79.9. The van der Waals surface area contributed by atoms with Crippen molar-refractivity contribution in [1.29, 1.82) is 0 Å². The van der Waals surface area contributed by atoms with E-state index >= 15 is 0 Å². The summed E-state index contributed by atoms with van der Waals surface area (Å²) in [7, 11) is 2.16. The third-order valence-corrected chi connectivity index (χ3v) is 4.76. The highest BCUT2D eigenvalue weighted by molar-refractivity contribution is 9.10. The van der Waals surface area contributed by atoms with Crippen LogP contribution < -0.4 is 0 Å². The van der Waals surface area contributed by atoms with E-state index in [-0.39, 0.29) is 5.82 Å². The van der Waals surface area contributed by atoms with Crippen LogP contribution in [0.15, 0.2) is 22.8 Å². The molecule has 1 aromatic carbocycles. The summed E-state index contributed by atoms with van der Waals surface area (Å²) in [5.41, 5.74) is 2.24. The van der Waals surface area contributed by atoms with Gasteiger partial charge in [0.25, 0.3) is 0 Å². The van der Waals surface area contributed by atoms with Crippen molar-refractivity contribution in [3.63, 3.8) is 0 Å². The molecule has 0 saturated carbocycles. The van der Waals surface area contributed by atoms with Gasteiger partial charge in [-0.2, -0.15) is 0 Å². The van der Waals surface area contributed by atoms with Gasteiger partial charge >= 0.3 is 0 Å². The maximum Gasteiger partial charge on any atom is 0.139 e. The number of aromatic nitrogens is 1. The summed E-state index contributed by atoms with van der Waals surface area (Å²) in [5, 5.41) is 1.15. The molecule has 0 bridgehead atoms. The molecule has 2 heterocycles. The zero-order valence-corrected chi connectivity index (χ0v) is 12.9. The maximum atomic E-state index is 13.8. The molecular weight excluding hydrogens is 307 g/mol. The SMILES string of the molecule is Cc1cn(C2CCN(C)CC2)c2cc(F)c(Br)cc12. The molecule has 2 aromatic rings. The second-order valence-corrected chi connectivity index (χ2v) is 6.39. The summed E-state index contributed by atoms with van der Waals surface area (Å²) in [6, 6.07) is 4.05. The second kappa shape index (κ2) is 4.91. The summed E-state index contributed by atoms with van der Waals surface area (Å²) in [5.74, 6) is -0.181. The van der Waals surface area contributed by atoms with Crippen LogP contribution in [0.25, 0.3) is 10.9 Å². The molecule has 0 spiro atoms. The van der Waals surface area contributed by atoms with Gasteiger partial charge in [-0.05, 0) is 73.5 Å². The fraction of sp³-hybridized carbons (Fsp3) is 0.467. The average molecular weight is 325 g/mol. The summed E-state index contributed by atoms with van der Waals surface area (Å²) in [6.45, 7) is 4.32. The number of rotatable bonds is 1. The topological polar surface area (TPSA) is 8.17 Å². The molecular formula is C15H18BrFN2. The van der Waals surface area contributed by atoms with Gasteiger partial charge < -0.3 is 9.47 Å². The number of piperidine rings is 1. The Morgan fingerprint density at radius 3 is 2.63 bits per heavy atom. The number of aryl methyl sites for hydroxylation is 1. The monoisotopic (exact) mass is 324 g/mol. The average Bonchev–Trinajstić information content (AvgIpc) is 2.69. The standard InChI is InChI=1S/C15H18BrFN2/c1-10-9-19(11-3-5-18(2)6-4-11)15-8-14(17)13(16)7-12(10)15/h7-9,11H,3-6H2,1-2H3. The van der Waals surface area contributed by atoms with Gasteiger partial charge in [0.05, 0.1) is 9.99 Å². The Hall–Kier alpha value is -0.870. The smallest absolute Gasteiger partial charge is 0.139 e. The van der Waals surface area contributed by atoms with Gasteiger partial charge in [-0.15, -0.1) is 0 Å². The molecule has 1 aliphatic heterocycles. The number of nitrogens with zero attached hydrogens (tertiary/aromatic N) is 2. The fourth-order valence-corrected chi connectivity index (χ4v) is 3.33. The molecule has 102 valence electrons. The predicted octanol–water partition coefficient (Wildman–Crippen LogP) is 4.12. The van der Waals surface area contributed by atoms with E-state index in [4.69, 9.17) is 0 Å². The van der Waals surface area contributed by atoms with Crippen molar-refractivity contribution in [2.24, 2.45) is 0 Å². The lowest BCUT2D eigenvalue weighted by atomic mass is 10.1. The quantitative estimate of drug-likeness (QED) is 0.766. The van der Waals surface area contributed by atoms with Crippen molar-refractivity contribution in [2.45, 2.75) is 25.8 Å². The third kappa shape index (κ3) is 2.32. The molecule has 1 aromatic heterocycles. The van der Waals surface area contributed by atoms with Gasteiger partial charge in [-0.3, -0.25) is 0 Å². The molecule has 2 nitrogen and oxygen atoms in total. The Morgan fingerprint density at radius 2 is 1.95 bits per heavy atom. The second-order valence-electron chi connectivity index (χ2n) is 5.54. The zero-order valence-electron chi connectivity index (χ0n) is 11.3. The van der Waals surface area contributed by atoms with E-state index in [0.29, 0.717) is 10.5 Å². The molecule has 0 N–H and O–H groups in total. The van der Waals surface area contributed by atoms with E-state index in [1.165, 1.54) is 5.56 Å². The van der Waals surface area contributed by atoms with Crippen LogP contribution >= 0.6 is 15.9 Å². The Balaban J connectivity index is 2.06. The summed E-state index contributed by atoms with van der Waals surface area (Å²) in [4.78, 5) is 2.35. The lowest BCUT2D eigenvalue weighted by Gasteiger charge is -2.30. The first-order chi connectivity index (χ1) is 9.06. The van der Waals surface area contributed by atoms with Crippen LogP contribution in [0.4, 0.5) is 4.39 Å². The van der Waals surface area contributed by atoms with E-state index in [2.05, 4.69) is 45.6 Å². The van der Waals surface area contributed by atoms with Crippen LogP contribution in [0.1, 0.15) is 24.4 Å². The van der Waals surface area contributed by atoms with Crippen LogP contribution in [0.5, 0.6) is 0 Å². The van der Waals surface area contributed by atoms with Crippen molar-refractivity contribution < 1.29 is 4.39 Å². The van der Waals surface area contributed by atoms with Crippen molar-refractivity contribution in [1.82, 2.24) is 9.47 Å². The van der Waals surface area contributed by atoms with Gasteiger partial charge in [0.15, 0.2) is 0 Å². The normalized spacial score (nSPS) is 18.3. The lowest BCUT2D eigenvalue weighted by Crippen LogP contribution is -2.31. The Kier molecular flexibility index (Phi) is 3.39. The lowest BCUT2D eigenvalue weighted by molar-refractivity contribution is 0.224. The molecule has 1 saturated heterocycles. The number of hydrogen-bond acceptors (Lipinski definition) is 1. The van der Waals surface area contributed by atoms with E-state index in [1.54, 1.807) is 6.07 Å². The maximum absolute atomic E-state index is 13.8. The highest BCUT2D eigenvalue weighted by Crippen LogP contribution is 2.32. The minimum absolute atomic E-state index is 0.181. The molecule has 1 aliphatic rings. The zero-order chi connectivity index (χ0) is 13.6. The molecule has 0 radical (unpaired) electrons. The van der Waals surface area contributed by atoms with Crippen LogP contribution in [0.3, 0.4) is 0 Å². The highest BCUT2D eigenvalue weighted by Gasteiger charge is 2.20. The Bertz CT molecular complexity index is 612. The minimum atomic E-state index is -0.181. The van der Waals surface area contributed by atoms with Crippen molar-refractivity contribution in [3.8, 4) is 0 Å². The van der Waals surface area contributed by atoms with Crippen molar-refractivity contribution in [3.05, 3.63) is 34.2 Å². The predicted molar refractivity (Wildman–Crippen MR) is 80.1 cm³/mol. The van der Waals surface area contributed by atoms with Crippen LogP contribution in [0, 0.1) is 12.7 Å². The molecule has 0 amide bonds. The molecule has 0 atom stereocenters. The number of fused-ring (bicyclic) bond motifs is 1. The van der Waals surface area contributed by atoms with Crippen LogP contribution in [0.2, 0.25) is 0 Å². The van der Waals surface area contributed by atoms with Crippen LogP contribution in [-0.4, -0.2) is 29.6 Å². The van der Waals surface area contributed by atoms with Gasteiger partial charge in [0, 0.05) is 17.6 Å². The van der Waals surface area contributed by atoms with Gasteiger partial charge in [-0.25, -0.2) is 4.39 Å². The fourth-order valence-electron chi connectivity index (χ4n) is 2.99. The molecule has 1 fully saturated rings. The van der Waals surface area contributed by atoms with E-state index < -0.39 is 0 Å². The summed E-state index contributed by atoms with van der Waals surface area (Å²) < 4.78 is 16.6. The van der Waals surface area contributed by atoms with Crippen molar-refractivity contribution >= 4 is 26.8 Å². The number of benzene rings is 1. The largest absolute Gasteiger partial charge is 0.344 e. The van der Waals surface area contributed by atoms with Crippen LogP contribution in [-0.2, 0) is 0 Å². The number of hydrogen-bond donors (Lipinski definition) is 0. The first-order valence-corrected chi connectivity index (χ1v) is 7.50. The third-order valence-electron chi connectivity index (χ3n) is 4.16. The Labute approximate surface area is 121 Å². The van der Waals surface area contributed by atoms with E-state index in [9.17, 15) is 4.39 Å². The summed E-state index contributed by atoms with van der Waals surface area (Å²) >= 11 is 3.27. The molecule has 0 unspecified atom stereocenters. The van der Waals surface area contributed by atoms with E-state index in [1.807, 2.05) is 6.07 Å². The van der Waals surface area contributed by atoms with Gasteiger partial charge in [-0.1, -0.05) is 0 Å². The summed E-state index contributed by atoms with van der Waals surface area (Å²) in [6.07, 6.45) is 4.45. The molecule has 3 rings (SSSR count). The van der Waals surface area contributed by atoms with Gasteiger partial charge in [0.1, 0.15) is 5.82 Å². The minimum Gasteiger partial charge on any atom is -0.344 e. The van der Waals surface area contributed by atoms with Crippen molar-refractivity contribution in [2.75, 3.05) is 20.1 Å². The number of halogens is 2. The molecule has 19 heavy (non-hydrogen) atoms. The Morgan fingerprint density at radius 1 is 1.26 bits per heavy atom. The number of likely N-dealkylation sites (tertiary alicyclic amines) is 1. The molecule has 4 heteroatoms. The first-order valence-electron chi connectivity index (χ1n) is 6.71. The van der Waals surface area contributed by atoms with E-state index in [0.717, 1.165) is 36.8 Å².